The average molecular weight is 436 g/mol. The van der Waals surface area contributed by atoms with Gasteiger partial charge in [-0.1, -0.05) is 41.9 Å². The van der Waals surface area contributed by atoms with E-state index in [-0.39, 0.29) is 17.6 Å². The summed E-state index contributed by atoms with van der Waals surface area (Å²) in [4.78, 5) is 30.5. The van der Waals surface area contributed by atoms with Crippen LogP contribution in [0.5, 0.6) is 0 Å². The van der Waals surface area contributed by atoms with E-state index >= 15 is 0 Å². The van der Waals surface area contributed by atoms with Crippen LogP contribution in [-0.2, 0) is 0 Å². The van der Waals surface area contributed by atoms with Gasteiger partial charge in [0.05, 0.1) is 28.0 Å². The first-order chi connectivity index (χ1) is 15.0. The molecule has 2 aromatic carbocycles. The second-order valence-electron chi connectivity index (χ2n) is 7.84. The minimum atomic E-state index is -0.116. The number of nitrogens with one attached hydrogen (secondary N) is 1. The molecule has 0 aliphatic carbocycles. The van der Waals surface area contributed by atoms with Crippen LogP contribution in [0.15, 0.2) is 59.4 Å². The van der Waals surface area contributed by atoms with Crippen LogP contribution in [0, 0.1) is 6.92 Å². The Morgan fingerprint density at radius 1 is 1.06 bits per heavy atom. The van der Waals surface area contributed by atoms with Crippen LogP contribution in [0.3, 0.4) is 0 Å². The van der Waals surface area contributed by atoms with Gasteiger partial charge in [-0.15, -0.1) is 0 Å². The van der Waals surface area contributed by atoms with E-state index < -0.39 is 0 Å². The van der Waals surface area contributed by atoms with E-state index in [2.05, 4.69) is 10.1 Å². The van der Waals surface area contributed by atoms with Crippen LogP contribution < -0.4 is 5.69 Å². The lowest BCUT2D eigenvalue weighted by Crippen LogP contribution is -2.40. The highest BCUT2D eigenvalue weighted by Gasteiger charge is 2.30. The first-order valence-electron chi connectivity index (χ1n) is 10.3. The van der Waals surface area contributed by atoms with Gasteiger partial charge < -0.3 is 9.88 Å². The van der Waals surface area contributed by atoms with Gasteiger partial charge in [0.15, 0.2) is 0 Å². The summed E-state index contributed by atoms with van der Waals surface area (Å²) in [5, 5.41) is 4.81. The zero-order chi connectivity index (χ0) is 21.5. The number of fused-ring (bicyclic) bond motifs is 1. The van der Waals surface area contributed by atoms with Gasteiger partial charge in [0, 0.05) is 19.1 Å². The maximum Gasteiger partial charge on any atom is 0.326 e. The Labute approximate surface area is 183 Å². The van der Waals surface area contributed by atoms with E-state index in [1.54, 1.807) is 11.6 Å². The highest BCUT2D eigenvalue weighted by molar-refractivity contribution is 6.33. The summed E-state index contributed by atoms with van der Waals surface area (Å²) in [6.07, 6.45) is 1.41. The number of H-pyrrole nitrogens is 1. The van der Waals surface area contributed by atoms with E-state index in [4.69, 9.17) is 11.6 Å². The van der Waals surface area contributed by atoms with Gasteiger partial charge in [-0.2, -0.15) is 5.10 Å². The molecule has 31 heavy (non-hydrogen) atoms. The molecule has 0 bridgehead atoms. The molecular formula is C23H22ClN5O2. The second-order valence-corrected chi connectivity index (χ2v) is 8.20. The van der Waals surface area contributed by atoms with E-state index in [1.807, 2.05) is 64.1 Å². The summed E-state index contributed by atoms with van der Waals surface area (Å²) < 4.78 is 3.42. The summed E-state index contributed by atoms with van der Waals surface area (Å²) in [5.74, 6) is -0.116. The van der Waals surface area contributed by atoms with Crippen molar-refractivity contribution in [1.29, 1.82) is 0 Å². The van der Waals surface area contributed by atoms with E-state index in [0.717, 1.165) is 16.7 Å². The zero-order valence-electron chi connectivity index (χ0n) is 17.1. The molecule has 4 aromatic rings. The lowest BCUT2D eigenvalue weighted by atomic mass is 10.0. The van der Waals surface area contributed by atoms with Crippen molar-refractivity contribution in [3.63, 3.8) is 0 Å². The molecule has 0 spiro atoms. The molecule has 5 rings (SSSR count). The Balaban J connectivity index is 1.37. The quantitative estimate of drug-likeness (QED) is 0.529. The Morgan fingerprint density at radius 2 is 1.74 bits per heavy atom. The second kappa shape index (κ2) is 7.74. The standard InChI is InChI=1S/C23H22ClN5O2/c1-15-20(21(24)29(26-15)17-7-3-2-4-8-17)22(30)27-13-11-16(12-14-27)28-19-10-6-5-9-18(19)25-23(28)31/h2-10,16H,11-14H2,1H3,(H,25,31). The molecule has 1 aliphatic rings. The minimum Gasteiger partial charge on any atom is -0.338 e. The molecule has 0 unspecified atom stereocenters. The number of nitrogens with zero attached hydrogens (tertiary/aromatic N) is 4. The predicted octanol–water partition coefficient (Wildman–Crippen LogP) is 3.95. The Morgan fingerprint density at radius 3 is 2.48 bits per heavy atom. The number of rotatable bonds is 3. The molecular weight excluding hydrogens is 414 g/mol. The van der Waals surface area contributed by atoms with Crippen molar-refractivity contribution in [3.8, 4) is 5.69 Å². The van der Waals surface area contributed by atoms with Gasteiger partial charge in [-0.05, 0) is 44.0 Å². The number of carbonyl (C=O) groups excluding carboxylic acids is 1. The fraction of sp³-hybridized carbons (Fsp3) is 0.261. The molecule has 1 saturated heterocycles. The van der Waals surface area contributed by atoms with Gasteiger partial charge in [0.2, 0.25) is 0 Å². The molecule has 0 radical (unpaired) electrons. The highest BCUT2D eigenvalue weighted by atomic mass is 35.5. The van der Waals surface area contributed by atoms with Crippen molar-refractivity contribution in [2.75, 3.05) is 13.1 Å². The van der Waals surface area contributed by atoms with E-state index in [9.17, 15) is 9.59 Å². The van der Waals surface area contributed by atoms with Crippen LogP contribution in [0.25, 0.3) is 16.7 Å². The van der Waals surface area contributed by atoms with Crippen LogP contribution >= 0.6 is 11.6 Å². The fourth-order valence-electron chi connectivity index (χ4n) is 4.40. The third-order valence-corrected chi connectivity index (χ3v) is 6.31. The zero-order valence-corrected chi connectivity index (χ0v) is 17.8. The van der Waals surface area contributed by atoms with Crippen LogP contribution in [-0.4, -0.2) is 43.2 Å². The molecule has 3 heterocycles. The smallest absolute Gasteiger partial charge is 0.326 e. The largest absolute Gasteiger partial charge is 0.338 e. The summed E-state index contributed by atoms with van der Waals surface area (Å²) >= 11 is 6.58. The summed E-state index contributed by atoms with van der Waals surface area (Å²) in [6.45, 7) is 2.92. The third-order valence-electron chi connectivity index (χ3n) is 5.96. The number of likely N-dealkylation sites (tertiary alicyclic amines) is 1. The van der Waals surface area contributed by atoms with E-state index in [1.165, 1.54) is 0 Å². The monoisotopic (exact) mass is 435 g/mol. The van der Waals surface area contributed by atoms with Crippen molar-refractivity contribution in [3.05, 3.63) is 81.5 Å². The van der Waals surface area contributed by atoms with Crippen LogP contribution in [0.4, 0.5) is 0 Å². The molecule has 1 fully saturated rings. The predicted molar refractivity (Wildman–Crippen MR) is 120 cm³/mol. The van der Waals surface area contributed by atoms with Crippen molar-refractivity contribution in [2.45, 2.75) is 25.8 Å². The van der Waals surface area contributed by atoms with Gasteiger partial charge in [0.25, 0.3) is 5.91 Å². The fourth-order valence-corrected chi connectivity index (χ4v) is 4.76. The summed E-state index contributed by atoms with van der Waals surface area (Å²) in [7, 11) is 0. The number of hydrogen-bond acceptors (Lipinski definition) is 3. The number of imidazole rings is 1. The number of piperidine rings is 1. The molecule has 158 valence electrons. The number of aromatic nitrogens is 4. The first-order valence-corrected chi connectivity index (χ1v) is 10.7. The highest BCUT2D eigenvalue weighted by Crippen LogP contribution is 2.29. The van der Waals surface area contributed by atoms with Gasteiger partial charge >= 0.3 is 5.69 Å². The molecule has 0 saturated carbocycles. The number of para-hydroxylation sites is 3. The Kier molecular flexibility index (Phi) is 4.90. The summed E-state index contributed by atoms with van der Waals surface area (Å²) in [6, 6.07) is 17.3. The average Bonchev–Trinajstić information content (AvgIpc) is 3.29. The minimum absolute atomic E-state index is 0.0521. The molecule has 2 aromatic heterocycles. The first kappa shape index (κ1) is 19.6. The molecule has 1 N–H and O–H groups in total. The van der Waals surface area contributed by atoms with Gasteiger partial charge in [-0.25, -0.2) is 9.48 Å². The maximum atomic E-state index is 13.3. The molecule has 1 aliphatic heterocycles. The number of benzene rings is 2. The molecule has 7 nitrogen and oxygen atoms in total. The van der Waals surface area contributed by atoms with Crippen molar-refractivity contribution < 1.29 is 4.79 Å². The Bertz CT molecular complexity index is 1310. The number of amides is 1. The normalized spacial score (nSPS) is 15.0. The molecule has 0 atom stereocenters. The molecule has 1 amide bonds. The number of halogens is 1. The summed E-state index contributed by atoms with van der Waals surface area (Å²) in [5.41, 5.74) is 3.49. The maximum absolute atomic E-state index is 13.3. The van der Waals surface area contributed by atoms with Crippen molar-refractivity contribution >= 4 is 28.5 Å². The number of hydrogen-bond donors (Lipinski definition) is 1. The van der Waals surface area contributed by atoms with Crippen molar-refractivity contribution in [2.24, 2.45) is 0 Å². The molecule has 8 heteroatoms. The van der Waals surface area contributed by atoms with Crippen LogP contribution in [0.1, 0.15) is 34.9 Å². The number of carbonyl (C=O) groups is 1. The van der Waals surface area contributed by atoms with Crippen LogP contribution in [0.2, 0.25) is 5.15 Å². The topological polar surface area (TPSA) is 75.9 Å². The number of aryl methyl sites for hydroxylation is 1. The van der Waals surface area contributed by atoms with E-state index in [0.29, 0.717) is 42.3 Å². The lowest BCUT2D eigenvalue weighted by molar-refractivity contribution is 0.0694. The van der Waals surface area contributed by atoms with Crippen molar-refractivity contribution in [1.82, 2.24) is 24.2 Å². The third kappa shape index (κ3) is 3.35. The van der Waals surface area contributed by atoms with Gasteiger partial charge in [0.1, 0.15) is 5.15 Å². The Hall–Kier alpha value is -3.32. The lowest BCUT2D eigenvalue weighted by Gasteiger charge is -2.32. The number of aromatic amines is 1. The SMILES string of the molecule is Cc1nn(-c2ccccc2)c(Cl)c1C(=O)N1CCC(n2c(=O)[nH]c3ccccc32)CC1. The van der Waals surface area contributed by atoms with Gasteiger partial charge in [-0.3, -0.25) is 9.36 Å².